The molecule has 0 spiro atoms. The van der Waals surface area contributed by atoms with Crippen molar-refractivity contribution in [2.75, 3.05) is 13.1 Å². The molecule has 0 heterocycles. The molecule has 0 saturated carbocycles. The summed E-state index contributed by atoms with van der Waals surface area (Å²) in [5, 5.41) is 9.32. The van der Waals surface area contributed by atoms with E-state index in [9.17, 15) is 18.7 Å². The van der Waals surface area contributed by atoms with Crippen LogP contribution >= 0.6 is 11.6 Å². The fourth-order valence-electron chi connectivity index (χ4n) is 1.65. The second kappa shape index (κ2) is 5.84. The van der Waals surface area contributed by atoms with Crippen molar-refractivity contribution in [3.8, 4) is 0 Å². The Bertz CT molecular complexity index is 486. The largest absolute Gasteiger partial charge is 0.389 e. The third-order valence-electron chi connectivity index (χ3n) is 2.49. The zero-order chi connectivity index (χ0) is 14.8. The predicted octanol–water partition coefficient (Wildman–Crippen LogP) is 2.85. The lowest BCUT2D eigenvalue weighted by atomic mass is 10.1. The van der Waals surface area contributed by atoms with Crippen molar-refractivity contribution in [3.63, 3.8) is 0 Å². The molecule has 1 N–H and O–H groups in total. The molecule has 0 aromatic heterocycles. The van der Waals surface area contributed by atoms with Gasteiger partial charge in [0.15, 0.2) is 0 Å². The smallest absolute Gasteiger partial charge is 0.257 e. The van der Waals surface area contributed by atoms with Gasteiger partial charge < -0.3 is 10.0 Å². The fraction of sp³-hybridized carbons (Fsp3) is 0.462. The second-order valence-corrected chi connectivity index (χ2v) is 5.29. The Hall–Kier alpha value is -1.20. The van der Waals surface area contributed by atoms with Crippen LogP contribution in [0.25, 0.3) is 0 Å². The van der Waals surface area contributed by atoms with Crippen molar-refractivity contribution in [2.24, 2.45) is 0 Å². The van der Waals surface area contributed by atoms with Gasteiger partial charge in [-0.05, 0) is 32.9 Å². The van der Waals surface area contributed by atoms with E-state index in [1.807, 2.05) is 0 Å². The lowest BCUT2D eigenvalue weighted by Gasteiger charge is -2.28. The molecule has 0 bridgehead atoms. The van der Waals surface area contributed by atoms with Gasteiger partial charge in [-0.15, -0.1) is 0 Å². The van der Waals surface area contributed by atoms with Gasteiger partial charge in [-0.2, -0.15) is 0 Å². The number of benzene rings is 1. The predicted molar refractivity (Wildman–Crippen MR) is 69.2 cm³/mol. The molecule has 0 saturated heterocycles. The van der Waals surface area contributed by atoms with Crippen molar-refractivity contribution < 1.29 is 18.7 Å². The van der Waals surface area contributed by atoms with E-state index >= 15 is 0 Å². The number of carbonyl (C=O) groups excluding carboxylic acids is 1. The molecule has 1 aromatic rings. The zero-order valence-electron chi connectivity index (χ0n) is 11.0. The SMILES string of the molecule is CCN(CC(C)(C)O)C(=O)c1cc(F)c(Cl)cc1F. The molecule has 1 aromatic carbocycles. The summed E-state index contributed by atoms with van der Waals surface area (Å²) in [6.07, 6.45) is 0. The molecule has 3 nitrogen and oxygen atoms in total. The molecule has 0 aliphatic rings. The van der Waals surface area contributed by atoms with Crippen molar-refractivity contribution >= 4 is 17.5 Å². The molecule has 0 aliphatic carbocycles. The lowest BCUT2D eigenvalue weighted by molar-refractivity contribution is 0.0312. The molecular weight excluding hydrogens is 276 g/mol. The second-order valence-electron chi connectivity index (χ2n) is 4.88. The van der Waals surface area contributed by atoms with E-state index in [4.69, 9.17) is 11.6 Å². The minimum Gasteiger partial charge on any atom is -0.389 e. The number of nitrogens with zero attached hydrogens (tertiary/aromatic N) is 1. The summed E-state index contributed by atoms with van der Waals surface area (Å²) >= 11 is 5.43. The first-order valence-electron chi connectivity index (χ1n) is 5.82. The maximum Gasteiger partial charge on any atom is 0.257 e. The number of hydrogen-bond donors (Lipinski definition) is 1. The van der Waals surface area contributed by atoms with Gasteiger partial charge in [0, 0.05) is 13.1 Å². The molecule has 0 atom stereocenters. The summed E-state index contributed by atoms with van der Waals surface area (Å²) in [5.74, 6) is -2.42. The summed E-state index contributed by atoms with van der Waals surface area (Å²) < 4.78 is 27.0. The van der Waals surface area contributed by atoms with E-state index in [2.05, 4.69) is 0 Å². The maximum absolute atomic E-state index is 13.6. The topological polar surface area (TPSA) is 40.5 Å². The average molecular weight is 292 g/mol. The lowest BCUT2D eigenvalue weighted by Crippen LogP contribution is -2.42. The first kappa shape index (κ1) is 15.9. The highest BCUT2D eigenvalue weighted by Gasteiger charge is 2.25. The minimum atomic E-state index is -1.12. The van der Waals surface area contributed by atoms with Crippen LogP contribution in [0.4, 0.5) is 8.78 Å². The Morgan fingerprint density at radius 3 is 2.42 bits per heavy atom. The van der Waals surface area contributed by atoms with Gasteiger partial charge in [0.2, 0.25) is 0 Å². The van der Waals surface area contributed by atoms with Crippen LogP contribution in [0.3, 0.4) is 0 Å². The highest BCUT2D eigenvalue weighted by molar-refractivity contribution is 6.30. The molecule has 19 heavy (non-hydrogen) atoms. The summed E-state index contributed by atoms with van der Waals surface area (Å²) in [4.78, 5) is 13.3. The van der Waals surface area contributed by atoms with Crippen LogP contribution in [0, 0.1) is 11.6 Å². The Kier molecular flexibility index (Phi) is 4.87. The molecule has 0 fully saturated rings. The van der Waals surface area contributed by atoms with E-state index in [-0.39, 0.29) is 18.1 Å². The van der Waals surface area contributed by atoms with Crippen molar-refractivity contribution in [1.82, 2.24) is 4.90 Å². The molecule has 6 heteroatoms. The molecular formula is C13H16ClF2NO2. The van der Waals surface area contributed by atoms with Crippen molar-refractivity contribution in [1.29, 1.82) is 0 Å². The summed E-state index contributed by atoms with van der Waals surface area (Å²) in [5.41, 5.74) is -1.51. The first-order valence-corrected chi connectivity index (χ1v) is 6.19. The number of hydrogen-bond acceptors (Lipinski definition) is 2. The molecule has 1 amide bonds. The number of aliphatic hydroxyl groups is 1. The van der Waals surface area contributed by atoms with Crippen LogP contribution in [0.15, 0.2) is 12.1 Å². The normalized spacial score (nSPS) is 11.5. The van der Waals surface area contributed by atoms with Gasteiger partial charge in [-0.25, -0.2) is 8.78 Å². The van der Waals surface area contributed by atoms with Crippen molar-refractivity contribution in [2.45, 2.75) is 26.4 Å². The van der Waals surface area contributed by atoms with E-state index in [0.29, 0.717) is 0 Å². The standard InChI is InChI=1S/C13H16ClF2NO2/c1-4-17(7-13(2,3)19)12(18)8-5-11(16)9(14)6-10(8)15/h5-6,19H,4,7H2,1-3H3. The van der Waals surface area contributed by atoms with Crippen LogP contribution in [-0.4, -0.2) is 34.6 Å². The highest BCUT2D eigenvalue weighted by Crippen LogP contribution is 2.21. The van der Waals surface area contributed by atoms with Crippen LogP contribution < -0.4 is 0 Å². The number of likely N-dealkylation sites (N-methyl/N-ethyl adjacent to an activating group) is 1. The molecule has 106 valence electrons. The van der Waals surface area contributed by atoms with E-state index in [0.717, 1.165) is 12.1 Å². The quantitative estimate of drug-likeness (QED) is 0.867. The van der Waals surface area contributed by atoms with E-state index in [1.54, 1.807) is 6.92 Å². The third-order valence-corrected chi connectivity index (χ3v) is 2.78. The Labute approximate surface area is 115 Å². The van der Waals surface area contributed by atoms with Gasteiger partial charge in [0.25, 0.3) is 5.91 Å². The number of carbonyl (C=O) groups is 1. The molecule has 0 radical (unpaired) electrons. The monoisotopic (exact) mass is 291 g/mol. The summed E-state index contributed by atoms with van der Waals surface area (Å²) in [6, 6.07) is 1.54. The van der Waals surface area contributed by atoms with Crippen molar-refractivity contribution in [3.05, 3.63) is 34.4 Å². The first-order chi connectivity index (χ1) is 8.65. The zero-order valence-corrected chi connectivity index (χ0v) is 11.8. The minimum absolute atomic E-state index is 0.0199. The highest BCUT2D eigenvalue weighted by atomic mass is 35.5. The molecule has 0 aliphatic heterocycles. The summed E-state index contributed by atoms with van der Waals surface area (Å²) in [6.45, 7) is 5.04. The van der Waals surface area contributed by atoms with Crippen LogP contribution in [0.1, 0.15) is 31.1 Å². The van der Waals surface area contributed by atoms with Crippen LogP contribution in [-0.2, 0) is 0 Å². The Balaban J connectivity index is 3.08. The Morgan fingerprint density at radius 2 is 1.95 bits per heavy atom. The third kappa shape index (κ3) is 4.14. The van der Waals surface area contributed by atoms with Crippen LogP contribution in [0.2, 0.25) is 5.02 Å². The number of rotatable bonds is 4. The van der Waals surface area contributed by atoms with E-state index < -0.39 is 28.7 Å². The van der Waals surface area contributed by atoms with Gasteiger partial charge in [0.05, 0.1) is 16.2 Å². The molecule has 1 rings (SSSR count). The number of amides is 1. The van der Waals surface area contributed by atoms with Gasteiger partial charge >= 0.3 is 0 Å². The van der Waals surface area contributed by atoms with Gasteiger partial charge in [-0.1, -0.05) is 11.6 Å². The fourth-order valence-corrected chi connectivity index (χ4v) is 1.80. The van der Waals surface area contributed by atoms with E-state index in [1.165, 1.54) is 18.7 Å². The average Bonchev–Trinajstić information content (AvgIpc) is 2.28. The van der Waals surface area contributed by atoms with Gasteiger partial charge in [0.1, 0.15) is 11.6 Å². The maximum atomic E-state index is 13.6. The Morgan fingerprint density at radius 1 is 1.37 bits per heavy atom. The molecule has 0 unspecified atom stereocenters. The van der Waals surface area contributed by atoms with Gasteiger partial charge in [-0.3, -0.25) is 4.79 Å². The summed E-state index contributed by atoms with van der Waals surface area (Å²) in [7, 11) is 0. The number of halogens is 3. The van der Waals surface area contributed by atoms with Crippen LogP contribution in [0.5, 0.6) is 0 Å².